The van der Waals surface area contributed by atoms with Crippen molar-refractivity contribution in [1.29, 1.82) is 0 Å². The Morgan fingerprint density at radius 2 is 2.05 bits per heavy atom. The van der Waals surface area contributed by atoms with Crippen LogP contribution in [0, 0.1) is 0 Å². The van der Waals surface area contributed by atoms with Crippen LogP contribution in [0.25, 0.3) is 0 Å². The van der Waals surface area contributed by atoms with Crippen molar-refractivity contribution in [3.63, 3.8) is 0 Å². The van der Waals surface area contributed by atoms with Crippen LogP contribution in [-0.4, -0.2) is 23.2 Å². The second-order valence-corrected chi connectivity index (χ2v) is 4.33. The van der Waals surface area contributed by atoms with E-state index in [1.54, 1.807) is 19.2 Å². The molecule has 20 heavy (non-hydrogen) atoms. The number of ether oxygens (including phenoxy) is 2. The number of carboxylic acids is 1. The molecule has 0 aliphatic rings. The van der Waals surface area contributed by atoms with Crippen molar-refractivity contribution in [2.75, 3.05) is 7.11 Å². The summed E-state index contributed by atoms with van der Waals surface area (Å²) >= 11 is 5.74. The Bertz CT molecular complexity index is 613. The van der Waals surface area contributed by atoms with E-state index in [4.69, 9.17) is 26.2 Å². The summed E-state index contributed by atoms with van der Waals surface area (Å²) in [6, 6.07) is 8.66. The Balaban J connectivity index is 2.13. The molecule has 0 saturated carbocycles. The minimum absolute atomic E-state index is 0.0251. The molecule has 0 amide bonds. The van der Waals surface area contributed by atoms with Gasteiger partial charge in [0.2, 0.25) is 0 Å². The molecule has 6 heteroatoms. The fraction of sp³-hybridized carbons (Fsp3) is 0.143. The first-order valence-corrected chi connectivity index (χ1v) is 6.12. The number of benzene rings is 1. The molecule has 2 aromatic rings. The zero-order chi connectivity index (χ0) is 14.5. The summed E-state index contributed by atoms with van der Waals surface area (Å²) in [5.41, 5.74) is 0.859. The van der Waals surface area contributed by atoms with Crippen LogP contribution in [0.2, 0.25) is 5.15 Å². The van der Waals surface area contributed by atoms with Crippen molar-refractivity contribution in [3.05, 3.63) is 52.8 Å². The normalized spacial score (nSPS) is 10.1. The maximum Gasteiger partial charge on any atom is 0.341 e. The number of hydrogen-bond acceptors (Lipinski definition) is 4. The molecule has 0 fully saturated rings. The maximum atomic E-state index is 11.0. The van der Waals surface area contributed by atoms with Crippen molar-refractivity contribution in [1.82, 2.24) is 4.98 Å². The summed E-state index contributed by atoms with van der Waals surface area (Å²) in [5, 5.41) is 9.22. The number of aromatic nitrogens is 1. The van der Waals surface area contributed by atoms with Gasteiger partial charge in [-0.25, -0.2) is 9.78 Å². The standard InChI is InChI=1S/C14H12ClNO4/c1-19-10-4-2-9(3-5-10)8-20-12-6-13(15)16-7-11(12)14(17)18/h2-7H,8H2,1H3,(H,17,18). The van der Waals surface area contributed by atoms with Crippen molar-refractivity contribution in [2.45, 2.75) is 6.61 Å². The van der Waals surface area contributed by atoms with Gasteiger partial charge in [0, 0.05) is 12.3 Å². The highest BCUT2D eigenvalue weighted by Gasteiger charge is 2.13. The van der Waals surface area contributed by atoms with Crippen LogP contribution in [0.5, 0.6) is 11.5 Å². The van der Waals surface area contributed by atoms with Gasteiger partial charge in [-0.15, -0.1) is 0 Å². The van der Waals surface area contributed by atoms with Crippen LogP contribution >= 0.6 is 11.6 Å². The fourth-order valence-corrected chi connectivity index (χ4v) is 1.72. The zero-order valence-electron chi connectivity index (χ0n) is 10.7. The van der Waals surface area contributed by atoms with E-state index in [2.05, 4.69) is 4.98 Å². The maximum absolute atomic E-state index is 11.0. The second kappa shape index (κ2) is 6.25. The molecule has 1 heterocycles. The van der Waals surface area contributed by atoms with Crippen LogP contribution < -0.4 is 9.47 Å². The molecule has 2 rings (SSSR count). The number of rotatable bonds is 5. The lowest BCUT2D eigenvalue weighted by atomic mass is 10.2. The lowest BCUT2D eigenvalue weighted by molar-refractivity contribution is 0.0691. The van der Waals surface area contributed by atoms with E-state index in [1.807, 2.05) is 12.1 Å². The van der Waals surface area contributed by atoms with Crippen molar-refractivity contribution in [2.24, 2.45) is 0 Å². The monoisotopic (exact) mass is 293 g/mol. The van der Waals surface area contributed by atoms with Crippen LogP contribution in [-0.2, 0) is 6.61 Å². The average Bonchev–Trinajstić information content (AvgIpc) is 2.45. The van der Waals surface area contributed by atoms with E-state index in [0.717, 1.165) is 11.3 Å². The molecule has 1 aromatic heterocycles. The number of carboxylic acid groups (broad SMARTS) is 1. The Hall–Kier alpha value is -2.27. The number of carbonyl (C=O) groups is 1. The molecule has 5 nitrogen and oxygen atoms in total. The number of methoxy groups -OCH3 is 1. The molecule has 0 spiro atoms. The average molecular weight is 294 g/mol. The van der Waals surface area contributed by atoms with Gasteiger partial charge in [-0.05, 0) is 17.7 Å². The van der Waals surface area contributed by atoms with Crippen LogP contribution in [0.15, 0.2) is 36.5 Å². The number of halogens is 1. The first kappa shape index (κ1) is 14.1. The Labute approximate surface area is 120 Å². The smallest absolute Gasteiger partial charge is 0.341 e. The first-order valence-electron chi connectivity index (χ1n) is 5.74. The third-order valence-corrected chi connectivity index (χ3v) is 2.82. The molecule has 0 aliphatic heterocycles. The van der Waals surface area contributed by atoms with Gasteiger partial charge in [-0.1, -0.05) is 23.7 Å². The SMILES string of the molecule is COc1ccc(COc2cc(Cl)ncc2C(=O)O)cc1. The van der Waals surface area contributed by atoms with Crippen molar-refractivity contribution < 1.29 is 19.4 Å². The van der Waals surface area contributed by atoms with Gasteiger partial charge in [-0.2, -0.15) is 0 Å². The summed E-state index contributed by atoms with van der Waals surface area (Å²) in [6.07, 6.45) is 1.17. The lowest BCUT2D eigenvalue weighted by Gasteiger charge is -2.09. The van der Waals surface area contributed by atoms with E-state index < -0.39 is 5.97 Å². The predicted molar refractivity (Wildman–Crippen MR) is 73.5 cm³/mol. The Morgan fingerprint density at radius 1 is 1.35 bits per heavy atom. The van der Waals surface area contributed by atoms with E-state index in [0.29, 0.717) is 0 Å². The molecule has 104 valence electrons. The summed E-state index contributed by atoms with van der Waals surface area (Å²) in [6.45, 7) is 0.227. The molecule has 0 atom stereocenters. The summed E-state index contributed by atoms with van der Waals surface area (Å²) in [4.78, 5) is 14.8. The van der Waals surface area contributed by atoms with E-state index in [9.17, 15) is 4.79 Å². The molecule has 0 saturated heterocycles. The number of nitrogens with zero attached hydrogens (tertiary/aromatic N) is 1. The minimum Gasteiger partial charge on any atom is -0.497 e. The van der Waals surface area contributed by atoms with Gasteiger partial charge in [0.25, 0.3) is 0 Å². The van der Waals surface area contributed by atoms with Crippen LogP contribution in [0.3, 0.4) is 0 Å². The van der Waals surface area contributed by atoms with Crippen molar-refractivity contribution >= 4 is 17.6 Å². The molecule has 0 unspecified atom stereocenters. The third kappa shape index (κ3) is 3.39. The second-order valence-electron chi connectivity index (χ2n) is 3.95. The summed E-state index contributed by atoms with van der Waals surface area (Å²) < 4.78 is 10.5. The minimum atomic E-state index is -1.11. The predicted octanol–water partition coefficient (Wildman–Crippen LogP) is 3.02. The van der Waals surface area contributed by atoms with Crippen LogP contribution in [0.4, 0.5) is 0 Å². The first-order chi connectivity index (χ1) is 9.60. The van der Waals surface area contributed by atoms with Crippen LogP contribution in [0.1, 0.15) is 15.9 Å². The highest BCUT2D eigenvalue weighted by atomic mass is 35.5. The summed E-state index contributed by atoms with van der Waals surface area (Å²) in [5.74, 6) is -0.181. The molecule has 1 aromatic carbocycles. The van der Waals surface area contributed by atoms with Crippen molar-refractivity contribution in [3.8, 4) is 11.5 Å². The number of hydrogen-bond donors (Lipinski definition) is 1. The van der Waals surface area contributed by atoms with Gasteiger partial charge in [0.05, 0.1) is 7.11 Å². The highest BCUT2D eigenvalue weighted by molar-refractivity contribution is 6.29. The van der Waals surface area contributed by atoms with E-state index >= 15 is 0 Å². The van der Waals surface area contributed by atoms with Gasteiger partial charge in [0.15, 0.2) is 0 Å². The molecule has 0 aliphatic carbocycles. The number of pyridine rings is 1. The van der Waals surface area contributed by atoms with E-state index in [-0.39, 0.29) is 23.1 Å². The molecule has 0 radical (unpaired) electrons. The van der Waals surface area contributed by atoms with Gasteiger partial charge in [0.1, 0.15) is 28.8 Å². The highest BCUT2D eigenvalue weighted by Crippen LogP contribution is 2.22. The Morgan fingerprint density at radius 3 is 2.65 bits per heavy atom. The zero-order valence-corrected chi connectivity index (χ0v) is 11.4. The third-order valence-electron chi connectivity index (χ3n) is 2.62. The number of aromatic carboxylic acids is 1. The molecule has 0 bridgehead atoms. The Kier molecular flexibility index (Phi) is 4.42. The molecular formula is C14H12ClNO4. The molecular weight excluding hydrogens is 282 g/mol. The lowest BCUT2D eigenvalue weighted by Crippen LogP contribution is -2.04. The van der Waals surface area contributed by atoms with Gasteiger partial charge in [-0.3, -0.25) is 0 Å². The van der Waals surface area contributed by atoms with Gasteiger partial charge >= 0.3 is 5.97 Å². The fourth-order valence-electron chi connectivity index (χ4n) is 1.58. The summed E-state index contributed by atoms with van der Waals surface area (Å²) in [7, 11) is 1.59. The van der Waals surface area contributed by atoms with Gasteiger partial charge < -0.3 is 14.6 Å². The topological polar surface area (TPSA) is 68.7 Å². The quantitative estimate of drug-likeness (QED) is 0.858. The molecule has 1 N–H and O–H groups in total. The largest absolute Gasteiger partial charge is 0.497 e. The van der Waals surface area contributed by atoms with E-state index in [1.165, 1.54) is 12.3 Å².